The number of halogens is 1. The molecule has 0 aliphatic carbocycles. The molecule has 0 heterocycles. The molecule has 112 valence electrons. The van der Waals surface area contributed by atoms with Gasteiger partial charge in [0.25, 0.3) is 0 Å². The van der Waals surface area contributed by atoms with Crippen LogP contribution in [0, 0.1) is 5.82 Å². The van der Waals surface area contributed by atoms with Crippen LogP contribution in [0.15, 0.2) is 42.5 Å². The van der Waals surface area contributed by atoms with E-state index in [0.29, 0.717) is 11.3 Å². The highest BCUT2D eigenvalue weighted by Gasteiger charge is 2.14. The fourth-order valence-corrected chi connectivity index (χ4v) is 2.43. The summed E-state index contributed by atoms with van der Waals surface area (Å²) in [6, 6.07) is 13.1. The van der Waals surface area contributed by atoms with Crippen molar-refractivity contribution in [2.45, 2.75) is 26.3 Å². The van der Waals surface area contributed by atoms with Crippen LogP contribution in [0.25, 0.3) is 11.1 Å². The third-order valence-corrected chi connectivity index (χ3v) is 3.59. The standard InChI is InChI=1S/C18H22FNO/c1-4-11-20-13(2)15-7-5-6-8-16(15)17-10-9-14(21-3)12-18(17)19/h5-10,12-13,20H,4,11H2,1-3H3. The molecule has 0 aliphatic heterocycles. The molecular formula is C18H22FNO. The number of methoxy groups -OCH3 is 1. The SMILES string of the molecule is CCCNC(C)c1ccccc1-c1ccc(OC)cc1F. The number of rotatable bonds is 6. The number of benzene rings is 2. The molecular weight excluding hydrogens is 265 g/mol. The quantitative estimate of drug-likeness (QED) is 0.840. The van der Waals surface area contributed by atoms with E-state index < -0.39 is 0 Å². The molecule has 0 bridgehead atoms. The summed E-state index contributed by atoms with van der Waals surface area (Å²) in [5, 5.41) is 3.45. The van der Waals surface area contributed by atoms with Gasteiger partial charge in [0.05, 0.1) is 7.11 Å². The Morgan fingerprint density at radius 1 is 1.14 bits per heavy atom. The van der Waals surface area contributed by atoms with Crippen LogP contribution >= 0.6 is 0 Å². The number of nitrogens with one attached hydrogen (secondary N) is 1. The largest absolute Gasteiger partial charge is 0.497 e. The third-order valence-electron chi connectivity index (χ3n) is 3.59. The van der Waals surface area contributed by atoms with E-state index in [1.165, 1.54) is 6.07 Å². The van der Waals surface area contributed by atoms with Crippen molar-refractivity contribution in [1.29, 1.82) is 0 Å². The lowest BCUT2D eigenvalue weighted by molar-refractivity contribution is 0.411. The summed E-state index contributed by atoms with van der Waals surface area (Å²) in [7, 11) is 1.54. The predicted octanol–water partition coefficient (Wildman–Crippen LogP) is 4.56. The first-order valence-corrected chi connectivity index (χ1v) is 7.33. The molecule has 0 aromatic heterocycles. The van der Waals surface area contributed by atoms with Gasteiger partial charge >= 0.3 is 0 Å². The van der Waals surface area contributed by atoms with Gasteiger partial charge in [-0.15, -0.1) is 0 Å². The van der Waals surface area contributed by atoms with Gasteiger partial charge in [-0.05, 0) is 43.1 Å². The van der Waals surface area contributed by atoms with Gasteiger partial charge in [0, 0.05) is 17.7 Å². The fraction of sp³-hybridized carbons (Fsp3) is 0.333. The molecule has 0 aliphatic rings. The van der Waals surface area contributed by atoms with Crippen molar-refractivity contribution in [3.8, 4) is 16.9 Å². The molecule has 1 atom stereocenters. The van der Waals surface area contributed by atoms with E-state index in [4.69, 9.17) is 4.74 Å². The van der Waals surface area contributed by atoms with Gasteiger partial charge in [-0.25, -0.2) is 4.39 Å². The minimum atomic E-state index is -0.260. The Bertz CT molecular complexity index is 598. The molecule has 0 radical (unpaired) electrons. The molecule has 2 nitrogen and oxygen atoms in total. The van der Waals surface area contributed by atoms with Gasteiger partial charge in [-0.1, -0.05) is 31.2 Å². The topological polar surface area (TPSA) is 21.3 Å². The summed E-state index contributed by atoms with van der Waals surface area (Å²) in [5.74, 6) is 0.273. The highest BCUT2D eigenvalue weighted by molar-refractivity contribution is 5.69. The Kier molecular flexibility index (Phi) is 5.34. The molecule has 2 rings (SSSR count). The van der Waals surface area contributed by atoms with Crippen LogP contribution in [0.1, 0.15) is 31.9 Å². The van der Waals surface area contributed by atoms with E-state index in [9.17, 15) is 4.39 Å². The summed E-state index contributed by atoms with van der Waals surface area (Å²) in [6.07, 6.45) is 1.07. The maximum Gasteiger partial charge on any atom is 0.134 e. The third kappa shape index (κ3) is 3.61. The van der Waals surface area contributed by atoms with Gasteiger partial charge in [0.1, 0.15) is 11.6 Å². The zero-order valence-electron chi connectivity index (χ0n) is 12.8. The maximum atomic E-state index is 14.3. The molecule has 0 saturated heterocycles. The van der Waals surface area contributed by atoms with E-state index in [1.54, 1.807) is 19.2 Å². The Morgan fingerprint density at radius 2 is 1.90 bits per heavy atom. The molecule has 1 N–H and O–H groups in total. The molecule has 3 heteroatoms. The first-order valence-electron chi connectivity index (χ1n) is 7.33. The maximum absolute atomic E-state index is 14.3. The summed E-state index contributed by atoms with van der Waals surface area (Å²) in [5.41, 5.74) is 2.64. The van der Waals surface area contributed by atoms with Crippen LogP contribution in [0.2, 0.25) is 0 Å². The Hall–Kier alpha value is -1.87. The summed E-state index contributed by atoms with van der Waals surface area (Å²) < 4.78 is 19.4. The Balaban J connectivity index is 2.40. The summed E-state index contributed by atoms with van der Waals surface area (Å²) in [4.78, 5) is 0. The average Bonchev–Trinajstić information content (AvgIpc) is 2.52. The lowest BCUT2D eigenvalue weighted by Gasteiger charge is -2.18. The Morgan fingerprint density at radius 3 is 2.57 bits per heavy atom. The summed E-state index contributed by atoms with van der Waals surface area (Å²) >= 11 is 0. The number of hydrogen-bond acceptors (Lipinski definition) is 2. The van der Waals surface area contributed by atoms with Gasteiger partial charge in [0.2, 0.25) is 0 Å². The highest BCUT2D eigenvalue weighted by atomic mass is 19.1. The molecule has 0 amide bonds. The zero-order chi connectivity index (χ0) is 15.2. The second-order valence-corrected chi connectivity index (χ2v) is 5.11. The molecule has 0 fully saturated rings. The molecule has 21 heavy (non-hydrogen) atoms. The fourth-order valence-electron chi connectivity index (χ4n) is 2.43. The molecule has 2 aromatic rings. The molecule has 0 saturated carbocycles. The van der Waals surface area contributed by atoms with Gasteiger partial charge in [0.15, 0.2) is 0 Å². The molecule has 1 unspecified atom stereocenters. The van der Waals surface area contributed by atoms with Crippen molar-refractivity contribution < 1.29 is 9.13 Å². The second-order valence-electron chi connectivity index (χ2n) is 5.11. The smallest absolute Gasteiger partial charge is 0.134 e. The summed E-state index contributed by atoms with van der Waals surface area (Å²) in [6.45, 7) is 5.19. The van der Waals surface area contributed by atoms with E-state index in [0.717, 1.165) is 24.1 Å². The van der Waals surface area contributed by atoms with Crippen molar-refractivity contribution >= 4 is 0 Å². The van der Waals surface area contributed by atoms with Crippen molar-refractivity contribution in [2.24, 2.45) is 0 Å². The van der Waals surface area contributed by atoms with Crippen molar-refractivity contribution in [3.05, 3.63) is 53.8 Å². The van der Waals surface area contributed by atoms with Gasteiger partial charge in [-0.3, -0.25) is 0 Å². The van der Waals surface area contributed by atoms with Gasteiger partial charge < -0.3 is 10.1 Å². The van der Waals surface area contributed by atoms with Crippen LogP contribution in [-0.4, -0.2) is 13.7 Å². The minimum Gasteiger partial charge on any atom is -0.497 e. The first-order chi connectivity index (χ1) is 10.2. The van der Waals surface area contributed by atoms with Crippen LogP contribution < -0.4 is 10.1 Å². The van der Waals surface area contributed by atoms with Crippen LogP contribution in [0.4, 0.5) is 4.39 Å². The molecule has 0 spiro atoms. The Labute approximate surface area is 126 Å². The van der Waals surface area contributed by atoms with Crippen molar-refractivity contribution in [1.82, 2.24) is 5.32 Å². The van der Waals surface area contributed by atoms with Crippen molar-refractivity contribution in [3.63, 3.8) is 0 Å². The normalized spacial score (nSPS) is 12.2. The number of hydrogen-bond donors (Lipinski definition) is 1. The van der Waals surface area contributed by atoms with E-state index in [-0.39, 0.29) is 11.9 Å². The lowest BCUT2D eigenvalue weighted by atomic mass is 9.95. The first kappa shape index (κ1) is 15.5. The molecule has 2 aromatic carbocycles. The van der Waals surface area contributed by atoms with Crippen LogP contribution in [0.5, 0.6) is 5.75 Å². The van der Waals surface area contributed by atoms with Crippen LogP contribution in [-0.2, 0) is 0 Å². The van der Waals surface area contributed by atoms with Crippen molar-refractivity contribution in [2.75, 3.05) is 13.7 Å². The average molecular weight is 287 g/mol. The lowest BCUT2D eigenvalue weighted by Crippen LogP contribution is -2.19. The van der Waals surface area contributed by atoms with E-state index >= 15 is 0 Å². The van der Waals surface area contributed by atoms with E-state index in [2.05, 4.69) is 19.2 Å². The monoisotopic (exact) mass is 287 g/mol. The van der Waals surface area contributed by atoms with E-state index in [1.807, 2.05) is 24.3 Å². The predicted molar refractivity (Wildman–Crippen MR) is 85.1 cm³/mol. The minimum absolute atomic E-state index is 0.183. The second kappa shape index (κ2) is 7.23. The number of ether oxygens (including phenoxy) is 1. The highest BCUT2D eigenvalue weighted by Crippen LogP contribution is 2.31. The van der Waals surface area contributed by atoms with Gasteiger partial charge in [-0.2, -0.15) is 0 Å². The van der Waals surface area contributed by atoms with Crippen LogP contribution in [0.3, 0.4) is 0 Å². The zero-order valence-corrected chi connectivity index (χ0v) is 12.8.